The summed E-state index contributed by atoms with van der Waals surface area (Å²) in [7, 11) is 0. The number of nitrogens with zero attached hydrogens (tertiary/aromatic N) is 1. The highest BCUT2D eigenvalue weighted by atomic mass is 32.1. The van der Waals surface area contributed by atoms with Crippen LogP contribution in [0.3, 0.4) is 0 Å². The topological polar surface area (TPSA) is 62.6 Å². The first-order valence-electron chi connectivity index (χ1n) is 6.47. The Morgan fingerprint density at radius 2 is 2.11 bits per heavy atom. The number of hydrogen-bond donors (Lipinski definition) is 3. The van der Waals surface area contributed by atoms with Crippen LogP contribution in [0.2, 0.25) is 0 Å². The minimum atomic E-state index is 0.248. The van der Waals surface area contributed by atoms with Crippen LogP contribution in [0, 0.1) is 0 Å². The van der Waals surface area contributed by atoms with Gasteiger partial charge in [0.15, 0.2) is 5.11 Å². The van der Waals surface area contributed by atoms with Crippen molar-refractivity contribution in [1.82, 2.24) is 10.2 Å². The van der Waals surface area contributed by atoms with Gasteiger partial charge in [-0.05, 0) is 24.4 Å². The van der Waals surface area contributed by atoms with Gasteiger partial charge >= 0.3 is 0 Å². The van der Waals surface area contributed by atoms with Gasteiger partial charge in [-0.3, -0.25) is 4.90 Å². The van der Waals surface area contributed by atoms with E-state index in [1.807, 2.05) is 24.3 Å². The molecule has 0 atom stereocenters. The van der Waals surface area contributed by atoms with E-state index in [0.717, 1.165) is 44.2 Å². The maximum absolute atomic E-state index is 5.80. The maximum Gasteiger partial charge on any atom is 0.168 e. The molecule has 0 radical (unpaired) electrons. The molecule has 0 unspecified atom stereocenters. The fourth-order valence-corrected chi connectivity index (χ4v) is 2.16. The summed E-state index contributed by atoms with van der Waals surface area (Å²) < 4.78 is 5.80. The molecule has 1 aliphatic rings. The molecule has 0 amide bonds. The van der Waals surface area contributed by atoms with Gasteiger partial charge in [-0.15, -0.1) is 0 Å². The van der Waals surface area contributed by atoms with E-state index in [0.29, 0.717) is 6.61 Å². The summed E-state index contributed by atoms with van der Waals surface area (Å²) in [6.07, 6.45) is 0. The SMILES string of the molecule is NC(=S)Nc1ccccc1OCCN1CCNCC1. The molecule has 104 valence electrons. The molecule has 0 aromatic heterocycles. The molecular formula is C13H20N4OS. The van der Waals surface area contributed by atoms with Crippen molar-refractivity contribution in [1.29, 1.82) is 0 Å². The maximum atomic E-state index is 5.80. The van der Waals surface area contributed by atoms with Crippen LogP contribution in [0.1, 0.15) is 0 Å². The van der Waals surface area contributed by atoms with Gasteiger partial charge in [-0.2, -0.15) is 0 Å². The second kappa shape index (κ2) is 7.28. The van der Waals surface area contributed by atoms with Crippen molar-refractivity contribution in [2.24, 2.45) is 5.73 Å². The standard InChI is InChI=1S/C13H20N4OS/c14-13(19)16-11-3-1-2-4-12(11)18-10-9-17-7-5-15-6-8-17/h1-4,15H,5-10H2,(H3,14,16,19). The lowest BCUT2D eigenvalue weighted by atomic mass is 10.3. The molecule has 0 aliphatic carbocycles. The van der Waals surface area contributed by atoms with E-state index in [1.54, 1.807) is 0 Å². The van der Waals surface area contributed by atoms with E-state index in [9.17, 15) is 0 Å². The van der Waals surface area contributed by atoms with Crippen molar-refractivity contribution in [2.45, 2.75) is 0 Å². The molecule has 5 nitrogen and oxygen atoms in total. The van der Waals surface area contributed by atoms with Gasteiger partial charge in [0.25, 0.3) is 0 Å². The van der Waals surface area contributed by atoms with Crippen molar-refractivity contribution in [3.05, 3.63) is 24.3 Å². The van der Waals surface area contributed by atoms with Gasteiger partial charge in [-0.25, -0.2) is 0 Å². The molecule has 0 bridgehead atoms. The van der Waals surface area contributed by atoms with E-state index < -0.39 is 0 Å². The van der Waals surface area contributed by atoms with Crippen molar-refractivity contribution in [3.63, 3.8) is 0 Å². The first-order chi connectivity index (χ1) is 9.25. The summed E-state index contributed by atoms with van der Waals surface area (Å²) in [4.78, 5) is 2.39. The average molecular weight is 280 g/mol. The lowest BCUT2D eigenvalue weighted by molar-refractivity contribution is 0.192. The Labute approximate surface area is 119 Å². The number of anilines is 1. The van der Waals surface area contributed by atoms with Gasteiger partial charge < -0.3 is 21.1 Å². The van der Waals surface area contributed by atoms with E-state index in [4.69, 9.17) is 22.7 Å². The molecule has 1 aromatic rings. The zero-order chi connectivity index (χ0) is 13.5. The van der Waals surface area contributed by atoms with Crippen molar-refractivity contribution in [2.75, 3.05) is 44.6 Å². The number of nitrogens with one attached hydrogen (secondary N) is 2. The largest absolute Gasteiger partial charge is 0.490 e. The fraction of sp³-hybridized carbons (Fsp3) is 0.462. The van der Waals surface area contributed by atoms with Crippen LogP contribution in [0.4, 0.5) is 5.69 Å². The predicted octanol–water partition coefficient (Wildman–Crippen LogP) is 0.626. The summed E-state index contributed by atoms with van der Waals surface area (Å²) in [5, 5.41) is 6.50. The Bertz CT molecular complexity index is 421. The molecule has 1 heterocycles. The molecule has 1 fully saturated rings. The first kappa shape index (κ1) is 14.0. The molecule has 0 saturated carbocycles. The number of benzene rings is 1. The molecule has 1 aromatic carbocycles. The molecule has 2 rings (SSSR count). The van der Waals surface area contributed by atoms with Crippen LogP contribution in [0.25, 0.3) is 0 Å². The molecule has 6 heteroatoms. The molecule has 1 aliphatic heterocycles. The predicted molar refractivity (Wildman–Crippen MR) is 81.7 cm³/mol. The van der Waals surface area contributed by atoms with Gasteiger partial charge in [0.05, 0.1) is 5.69 Å². The summed E-state index contributed by atoms with van der Waals surface area (Å²) in [6, 6.07) is 7.67. The van der Waals surface area contributed by atoms with Crippen molar-refractivity contribution < 1.29 is 4.74 Å². The highest BCUT2D eigenvalue weighted by Gasteiger charge is 2.09. The normalized spacial score (nSPS) is 16.0. The van der Waals surface area contributed by atoms with E-state index in [-0.39, 0.29) is 5.11 Å². The molecule has 4 N–H and O–H groups in total. The van der Waals surface area contributed by atoms with Crippen LogP contribution in [-0.4, -0.2) is 49.3 Å². The number of thiocarbonyl (C=S) groups is 1. The number of piperazine rings is 1. The van der Waals surface area contributed by atoms with Crippen molar-refractivity contribution >= 4 is 23.0 Å². The van der Waals surface area contributed by atoms with Gasteiger partial charge in [0.1, 0.15) is 12.4 Å². The first-order valence-corrected chi connectivity index (χ1v) is 6.88. The smallest absolute Gasteiger partial charge is 0.168 e. The van der Waals surface area contributed by atoms with Crippen LogP contribution < -0.4 is 21.1 Å². The van der Waals surface area contributed by atoms with Gasteiger partial charge in [-0.1, -0.05) is 12.1 Å². The Hall–Kier alpha value is -1.37. The molecule has 19 heavy (non-hydrogen) atoms. The highest BCUT2D eigenvalue weighted by molar-refractivity contribution is 7.80. The third-order valence-electron chi connectivity index (χ3n) is 3.02. The lowest BCUT2D eigenvalue weighted by Gasteiger charge is -2.27. The highest BCUT2D eigenvalue weighted by Crippen LogP contribution is 2.23. The Kier molecular flexibility index (Phi) is 5.38. The summed E-state index contributed by atoms with van der Waals surface area (Å²) in [5.74, 6) is 0.783. The average Bonchev–Trinajstić information content (AvgIpc) is 2.41. The second-order valence-corrected chi connectivity index (χ2v) is 4.87. The number of ether oxygens (including phenoxy) is 1. The Balaban J connectivity index is 1.83. The quantitative estimate of drug-likeness (QED) is 0.688. The number of nitrogens with two attached hydrogens (primary N) is 1. The zero-order valence-electron chi connectivity index (χ0n) is 10.9. The van der Waals surface area contributed by atoms with Crippen LogP contribution in [-0.2, 0) is 0 Å². The van der Waals surface area contributed by atoms with E-state index >= 15 is 0 Å². The molecule has 1 saturated heterocycles. The van der Waals surface area contributed by atoms with Crippen LogP contribution >= 0.6 is 12.2 Å². The molecule has 0 spiro atoms. The van der Waals surface area contributed by atoms with Crippen LogP contribution in [0.15, 0.2) is 24.3 Å². The van der Waals surface area contributed by atoms with Gasteiger partial charge in [0.2, 0.25) is 0 Å². The number of rotatable bonds is 5. The third kappa shape index (κ3) is 4.66. The summed E-state index contributed by atoms with van der Waals surface area (Å²) >= 11 is 4.85. The monoisotopic (exact) mass is 280 g/mol. The second-order valence-electron chi connectivity index (χ2n) is 4.43. The zero-order valence-corrected chi connectivity index (χ0v) is 11.7. The van der Waals surface area contributed by atoms with Crippen LogP contribution in [0.5, 0.6) is 5.75 Å². The van der Waals surface area contributed by atoms with E-state index in [2.05, 4.69) is 15.5 Å². The Morgan fingerprint density at radius 1 is 1.37 bits per heavy atom. The van der Waals surface area contributed by atoms with Crippen molar-refractivity contribution in [3.8, 4) is 5.75 Å². The number of para-hydroxylation sites is 2. The summed E-state index contributed by atoms with van der Waals surface area (Å²) in [5.41, 5.74) is 6.30. The lowest BCUT2D eigenvalue weighted by Crippen LogP contribution is -2.44. The fourth-order valence-electron chi connectivity index (χ4n) is 2.05. The van der Waals surface area contributed by atoms with E-state index in [1.165, 1.54) is 0 Å². The minimum Gasteiger partial charge on any atom is -0.490 e. The minimum absolute atomic E-state index is 0.248. The molecular weight excluding hydrogens is 260 g/mol. The third-order valence-corrected chi connectivity index (χ3v) is 3.12. The van der Waals surface area contributed by atoms with Gasteiger partial charge in [0, 0.05) is 32.7 Å². The summed E-state index contributed by atoms with van der Waals surface area (Å²) in [6.45, 7) is 5.87. The Morgan fingerprint density at radius 3 is 2.84 bits per heavy atom. The number of hydrogen-bond acceptors (Lipinski definition) is 4.